The van der Waals surface area contributed by atoms with Crippen LogP contribution in [-0.2, 0) is 0 Å². The van der Waals surface area contributed by atoms with E-state index < -0.39 is 0 Å². The predicted molar refractivity (Wildman–Crippen MR) is 253 cm³/mol. The van der Waals surface area contributed by atoms with E-state index in [0.29, 0.717) is 5.92 Å². The van der Waals surface area contributed by atoms with Gasteiger partial charge in [-0.05, 0) is 115 Å². The number of ether oxygens (including phenoxy) is 1. The third-order valence-electron chi connectivity index (χ3n) is 13.5. The highest BCUT2D eigenvalue weighted by atomic mass is 16.5. The van der Waals surface area contributed by atoms with Crippen molar-refractivity contribution in [3.63, 3.8) is 0 Å². The molecule has 2 heterocycles. The van der Waals surface area contributed by atoms with Gasteiger partial charge in [0.15, 0.2) is 0 Å². The second kappa shape index (κ2) is 14.0. The van der Waals surface area contributed by atoms with Crippen LogP contribution in [0.1, 0.15) is 47.9 Å². The largest absolute Gasteiger partial charge is 0.485 e. The van der Waals surface area contributed by atoms with E-state index in [1.807, 2.05) is 0 Å². The van der Waals surface area contributed by atoms with Crippen LogP contribution < -0.4 is 14.5 Å². The second-order valence-electron chi connectivity index (χ2n) is 17.4. The van der Waals surface area contributed by atoms with Crippen molar-refractivity contribution in [1.82, 2.24) is 0 Å². The van der Waals surface area contributed by atoms with Crippen molar-refractivity contribution < 1.29 is 9.15 Å². The molecule has 0 saturated heterocycles. The molecule has 0 amide bonds. The number of benzene rings is 6. The monoisotopic (exact) mass is 790 g/mol. The standard InChI is InChI=1S/C57H46N2O2/c1-35-21-25-54-47(29-35)49-31-39(23-27-56(49)60-54)58(38-14-5-4-6-15-38)52-33-45-42-17-9-11-19-44(42)53(34-46(45)41-16-8-10-18-43(41)52)59(51-20-12-7-13-37(51)3)40-24-28-57-50(32-40)48-30-36(2)22-26-55(48)61-57/h4-34,37,42,44,47,51,54H,1-3H3. The normalized spacial score (nSPS) is 23.0. The molecule has 6 unspecified atom stereocenters. The summed E-state index contributed by atoms with van der Waals surface area (Å²) in [6.45, 7) is 6.67. The van der Waals surface area contributed by atoms with E-state index >= 15 is 0 Å². The summed E-state index contributed by atoms with van der Waals surface area (Å²) < 4.78 is 12.9. The van der Waals surface area contributed by atoms with Gasteiger partial charge in [-0.1, -0.05) is 127 Å². The number of anilines is 4. The Balaban J connectivity index is 1.07. The van der Waals surface area contributed by atoms with Gasteiger partial charge in [-0.15, -0.1) is 0 Å². The van der Waals surface area contributed by atoms with Crippen LogP contribution in [0.2, 0.25) is 0 Å². The molecule has 61 heavy (non-hydrogen) atoms. The summed E-state index contributed by atoms with van der Waals surface area (Å²) >= 11 is 0. The molecule has 1 aromatic heterocycles. The topological polar surface area (TPSA) is 28.9 Å². The smallest absolute Gasteiger partial charge is 0.135 e. The number of allylic oxidation sites excluding steroid dienone is 8. The van der Waals surface area contributed by atoms with Gasteiger partial charge in [0.2, 0.25) is 0 Å². The molecule has 1 aliphatic heterocycles. The third-order valence-corrected chi connectivity index (χ3v) is 13.5. The van der Waals surface area contributed by atoms with Crippen LogP contribution in [-0.4, -0.2) is 12.1 Å². The fourth-order valence-corrected chi connectivity index (χ4v) is 10.6. The van der Waals surface area contributed by atoms with Crippen LogP contribution in [0.3, 0.4) is 0 Å². The molecule has 0 saturated carbocycles. The highest BCUT2D eigenvalue weighted by Crippen LogP contribution is 2.52. The fraction of sp³-hybridized carbons (Fsp3) is 0.158. The zero-order valence-electron chi connectivity index (χ0n) is 34.6. The molecule has 6 aromatic carbocycles. The highest BCUT2D eigenvalue weighted by Gasteiger charge is 2.39. The lowest BCUT2D eigenvalue weighted by Gasteiger charge is -2.44. The van der Waals surface area contributed by atoms with Crippen LogP contribution in [0, 0.1) is 18.8 Å². The number of hydrogen-bond donors (Lipinski definition) is 0. The maximum Gasteiger partial charge on any atom is 0.135 e. The Morgan fingerprint density at radius 3 is 2.15 bits per heavy atom. The Morgan fingerprint density at radius 1 is 0.557 bits per heavy atom. The Bertz CT molecular complexity index is 3150. The number of nitrogens with zero attached hydrogens (tertiary/aromatic N) is 2. The Labute approximate surface area is 357 Å². The fourth-order valence-electron chi connectivity index (χ4n) is 10.6. The molecule has 0 spiro atoms. The van der Waals surface area contributed by atoms with E-state index in [1.165, 1.54) is 55.7 Å². The average molecular weight is 791 g/mol. The SMILES string of the molecule is CC1=CC2c3cc(N(c4ccccc4)c4cc5c(c6ccccc46)C=C(N(c4ccc6oc7ccc(C)cc7c6c4)C4C=CC=CC4C)C4C=CC=CC54)ccc3OC2C=C1. The number of aryl methyl sites for hydroxylation is 1. The van der Waals surface area contributed by atoms with E-state index in [-0.39, 0.29) is 29.9 Å². The summed E-state index contributed by atoms with van der Waals surface area (Å²) in [5, 5.41) is 4.76. The van der Waals surface area contributed by atoms with E-state index in [1.54, 1.807) is 0 Å². The van der Waals surface area contributed by atoms with Crippen LogP contribution in [0.15, 0.2) is 198 Å². The van der Waals surface area contributed by atoms with Crippen molar-refractivity contribution in [3.05, 3.63) is 216 Å². The van der Waals surface area contributed by atoms with Crippen LogP contribution in [0.4, 0.5) is 22.7 Å². The highest BCUT2D eigenvalue weighted by molar-refractivity contribution is 6.07. The second-order valence-corrected chi connectivity index (χ2v) is 17.4. The molecule has 5 aliphatic rings. The summed E-state index contributed by atoms with van der Waals surface area (Å²) in [6.07, 6.45) is 27.7. The summed E-state index contributed by atoms with van der Waals surface area (Å²) in [6, 6.07) is 42.5. The molecular weight excluding hydrogens is 745 g/mol. The molecular formula is C57H46N2O2. The van der Waals surface area contributed by atoms with Gasteiger partial charge in [0.1, 0.15) is 23.0 Å². The Kier molecular flexibility index (Phi) is 8.25. The molecule has 0 N–H and O–H groups in total. The van der Waals surface area contributed by atoms with Gasteiger partial charge in [0, 0.05) is 62.2 Å². The van der Waals surface area contributed by atoms with E-state index in [0.717, 1.165) is 39.1 Å². The quantitative estimate of drug-likeness (QED) is 0.168. The number of fused-ring (bicyclic) bond motifs is 11. The minimum Gasteiger partial charge on any atom is -0.485 e. The van der Waals surface area contributed by atoms with Crippen LogP contribution in [0.5, 0.6) is 5.75 Å². The lowest BCUT2D eigenvalue weighted by atomic mass is 9.72. The first-order chi connectivity index (χ1) is 30.0. The molecule has 0 fully saturated rings. The van der Waals surface area contributed by atoms with Crippen molar-refractivity contribution in [2.24, 2.45) is 11.8 Å². The molecule has 4 aliphatic carbocycles. The van der Waals surface area contributed by atoms with Crippen molar-refractivity contribution in [1.29, 1.82) is 0 Å². The Morgan fingerprint density at radius 2 is 1.30 bits per heavy atom. The molecule has 4 nitrogen and oxygen atoms in total. The van der Waals surface area contributed by atoms with Gasteiger partial charge in [0.25, 0.3) is 0 Å². The van der Waals surface area contributed by atoms with Gasteiger partial charge in [-0.3, -0.25) is 0 Å². The number of para-hydroxylation sites is 1. The summed E-state index contributed by atoms with van der Waals surface area (Å²) in [4.78, 5) is 5.08. The van der Waals surface area contributed by atoms with E-state index in [9.17, 15) is 0 Å². The third kappa shape index (κ3) is 5.80. The summed E-state index contributed by atoms with van der Waals surface area (Å²) in [5.41, 5.74) is 14.1. The van der Waals surface area contributed by atoms with Crippen molar-refractivity contribution in [2.45, 2.75) is 44.8 Å². The van der Waals surface area contributed by atoms with E-state index in [2.05, 4.69) is 219 Å². The van der Waals surface area contributed by atoms with Crippen molar-refractivity contribution >= 4 is 61.5 Å². The lowest BCUT2D eigenvalue weighted by molar-refractivity contribution is 0.268. The average Bonchev–Trinajstić information content (AvgIpc) is 3.84. The minimum atomic E-state index is 0.0283. The molecule has 0 radical (unpaired) electrons. The van der Waals surface area contributed by atoms with E-state index in [4.69, 9.17) is 9.15 Å². The minimum absolute atomic E-state index is 0.0283. The first-order valence-corrected chi connectivity index (χ1v) is 21.7. The number of hydrogen-bond acceptors (Lipinski definition) is 4. The number of rotatable bonds is 6. The van der Waals surface area contributed by atoms with Gasteiger partial charge in [-0.25, -0.2) is 0 Å². The summed E-state index contributed by atoms with van der Waals surface area (Å²) in [7, 11) is 0. The molecule has 6 atom stereocenters. The summed E-state index contributed by atoms with van der Waals surface area (Å²) in [5.74, 6) is 1.70. The zero-order valence-corrected chi connectivity index (χ0v) is 34.6. The van der Waals surface area contributed by atoms with Crippen molar-refractivity contribution in [2.75, 3.05) is 9.80 Å². The first-order valence-electron chi connectivity index (χ1n) is 21.7. The Hall–Kier alpha value is -7.04. The zero-order chi connectivity index (χ0) is 40.8. The van der Waals surface area contributed by atoms with Gasteiger partial charge >= 0.3 is 0 Å². The van der Waals surface area contributed by atoms with Gasteiger partial charge in [0.05, 0.1) is 11.7 Å². The van der Waals surface area contributed by atoms with Gasteiger partial charge in [-0.2, -0.15) is 0 Å². The van der Waals surface area contributed by atoms with Gasteiger partial charge < -0.3 is 19.0 Å². The molecule has 0 bridgehead atoms. The molecule has 4 heteroatoms. The molecule has 296 valence electrons. The lowest BCUT2D eigenvalue weighted by Crippen LogP contribution is -2.42. The maximum atomic E-state index is 6.47. The van der Waals surface area contributed by atoms with Crippen LogP contribution >= 0.6 is 0 Å². The van der Waals surface area contributed by atoms with Crippen LogP contribution in [0.25, 0.3) is 38.8 Å². The number of furan rings is 1. The molecule has 12 rings (SSSR count). The predicted octanol–water partition coefficient (Wildman–Crippen LogP) is 14.7. The van der Waals surface area contributed by atoms with Crippen molar-refractivity contribution in [3.8, 4) is 5.75 Å². The molecule has 7 aromatic rings. The first kappa shape index (κ1) is 35.9. The maximum absolute atomic E-state index is 6.47.